The minimum Gasteiger partial charge on any atom is -0.358 e. The van der Waals surface area contributed by atoms with Gasteiger partial charge in [0.2, 0.25) is 0 Å². The van der Waals surface area contributed by atoms with Gasteiger partial charge in [0.25, 0.3) is 0 Å². The summed E-state index contributed by atoms with van der Waals surface area (Å²) in [6.07, 6.45) is 16.4. The molecule has 2 aromatic rings. The second kappa shape index (κ2) is 10.0. The smallest absolute Gasteiger partial charge is 0.0457 e. The van der Waals surface area contributed by atoms with E-state index in [1.54, 1.807) is 0 Å². The molecule has 25 heavy (non-hydrogen) atoms. The zero-order valence-corrected chi connectivity index (χ0v) is 16.2. The average Bonchev–Trinajstić information content (AvgIpc) is 3.28. The quantitative estimate of drug-likeness (QED) is 0.761. The molecule has 0 bridgehead atoms. The zero-order chi connectivity index (χ0) is 16.9. The number of fused-ring (bicyclic) bond motifs is 1. The Bertz CT molecular complexity index is 641. The maximum Gasteiger partial charge on any atom is 0.0457 e. The van der Waals surface area contributed by atoms with Gasteiger partial charge in [-0.15, -0.1) is 0 Å². The van der Waals surface area contributed by atoms with Crippen molar-refractivity contribution in [3.05, 3.63) is 98.2 Å². The second-order valence-electron chi connectivity index (χ2n) is 6.08. The zero-order valence-electron chi connectivity index (χ0n) is 14.3. The molecule has 0 atom stereocenters. The first-order valence-electron chi connectivity index (χ1n) is 7.98. The van der Waals surface area contributed by atoms with E-state index < -0.39 is 0 Å². The summed E-state index contributed by atoms with van der Waals surface area (Å²) in [6.45, 7) is 0.943. The summed E-state index contributed by atoms with van der Waals surface area (Å²) in [6, 6.07) is 8.09. The molecule has 2 fully saturated rings. The van der Waals surface area contributed by atoms with Gasteiger partial charge in [-0.05, 0) is 89.7 Å². The molecular formula is C21H21ClFeN2. The molecule has 10 radical (unpaired) electrons. The molecule has 2 nitrogen and oxygen atoms in total. The van der Waals surface area contributed by atoms with E-state index in [4.69, 9.17) is 11.6 Å². The fraction of sp³-hybridized carbons (Fsp3) is 0.143. The third kappa shape index (κ3) is 5.76. The van der Waals surface area contributed by atoms with Crippen LogP contribution in [0.4, 0.5) is 0 Å². The predicted molar refractivity (Wildman–Crippen MR) is 102 cm³/mol. The third-order valence-corrected chi connectivity index (χ3v) is 4.06. The molecule has 130 valence electrons. The number of nitrogens with zero attached hydrogens (tertiary/aromatic N) is 1. The molecule has 0 saturated heterocycles. The molecule has 1 N–H and O–H groups in total. The number of hydrogen-bond acceptors (Lipinski definition) is 1. The molecule has 1 aromatic heterocycles. The van der Waals surface area contributed by atoms with Crippen LogP contribution in [0.1, 0.15) is 5.69 Å². The Morgan fingerprint density at radius 3 is 2.24 bits per heavy atom. The Labute approximate surface area is 168 Å². The van der Waals surface area contributed by atoms with Crippen LogP contribution >= 0.6 is 11.6 Å². The summed E-state index contributed by atoms with van der Waals surface area (Å²) >= 11 is 6.03. The van der Waals surface area contributed by atoms with Gasteiger partial charge in [0.1, 0.15) is 0 Å². The van der Waals surface area contributed by atoms with E-state index in [9.17, 15) is 0 Å². The first kappa shape index (κ1) is 20.8. The van der Waals surface area contributed by atoms with Crippen molar-refractivity contribution >= 4 is 22.5 Å². The van der Waals surface area contributed by atoms with Crippen molar-refractivity contribution in [3.8, 4) is 0 Å². The fourth-order valence-corrected chi connectivity index (χ4v) is 2.95. The largest absolute Gasteiger partial charge is 0.358 e. The Balaban J connectivity index is 0.000000325. The van der Waals surface area contributed by atoms with Gasteiger partial charge in [-0.2, -0.15) is 0 Å². The number of aromatic nitrogens is 1. The monoisotopic (exact) mass is 392 g/mol. The van der Waals surface area contributed by atoms with Crippen LogP contribution in [-0.4, -0.2) is 30.5 Å². The Hall–Kier alpha value is -0.471. The van der Waals surface area contributed by atoms with Crippen LogP contribution < -0.4 is 0 Å². The van der Waals surface area contributed by atoms with Crippen LogP contribution in [0.15, 0.2) is 24.3 Å². The predicted octanol–water partition coefficient (Wildman–Crippen LogP) is 4.53. The van der Waals surface area contributed by atoms with E-state index in [1.807, 2.05) is 50.3 Å². The van der Waals surface area contributed by atoms with E-state index in [-0.39, 0.29) is 17.1 Å². The first-order chi connectivity index (χ1) is 11.6. The van der Waals surface area contributed by atoms with Gasteiger partial charge in [0, 0.05) is 57.1 Å². The Morgan fingerprint density at radius 1 is 0.920 bits per heavy atom. The molecule has 0 spiro atoms. The topological polar surface area (TPSA) is 19.0 Å². The molecule has 2 saturated carbocycles. The van der Waals surface area contributed by atoms with Crippen LogP contribution in [0.5, 0.6) is 0 Å². The summed E-state index contributed by atoms with van der Waals surface area (Å²) in [7, 11) is 4.17. The van der Waals surface area contributed by atoms with Crippen LogP contribution in [0.2, 0.25) is 5.02 Å². The normalized spacial score (nSPS) is 18.4. The molecule has 0 amide bonds. The van der Waals surface area contributed by atoms with Crippen LogP contribution in [0.25, 0.3) is 10.9 Å². The van der Waals surface area contributed by atoms with E-state index >= 15 is 0 Å². The average molecular weight is 393 g/mol. The standard InChI is InChI=1S/C16H16ClN2.C5H5.Fe/c1-19(2)10-11-4-3-5-14(11)16-9-12-8-13(17)6-7-15(12)18-16;1-2-4-5-3-1;/h3-9,18H,10H2,1-2H3;1-5H;. The molecule has 4 heteroatoms. The Morgan fingerprint density at radius 2 is 1.60 bits per heavy atom. The molecule has 1 aromatic carbocycles. The minimum absolute atomic E-state index is 0. The van der Waals surface area contributed by atoms with Crippen molar-refractivity contribution in [2.45, 2.75) is 0 Å². The fourth-order valence-electron chi connectivity index (χ4n) is 2.77. The number of aromatic amines is 1. The van der Waals surface area contributed by atoms with Crippen LogP contribution in [0, 0.1) is 63.2 Å². The summed E-state index contributed by atoms with van der Waals surface area (Å²) in [5.74, 6) is 2.60. The van der Waals surface area contributed by atoms with Crippen molar-refractivity contribution < 1.29 is 17.1 Å². The summed E-state index contributed by atoms with van der Waals surface area (Å²) in [5.41, 5.74) is 2.27. The van der Waals surface area contributed by atoms with Gasteiger partial charge in [0.15, 0.2) is 0 Å². The molecular weight excluding hydrogens is 372 g/mol. The summed E-state index contributed by atoms with van der Waals surface area (Å²) in [5, 5.41) is 1.92. The summed E-state index contributed by atoms with van der Waals surface area (Å²) in [4.78, 5) is 5.64. The molecule has 1 heterocycles. The van der Waals surface area contributed by atoms with E-state index in [1.165, 1.54) is 11.8 Å². The first-order valence-corrected chi connectivity index (χ1v) is 8.36. The van der Waals surface area contributed by atoms with Crippen LogP contribution in [0.3, 0.4) is 0 Å². The minimum atomic E-state index is 0. The number of nitrogens with one attached hydrogen (secondary N) is 1. The third-order valence-electron chi connectivity index (χ3n) is 3.82. The number of H-pyrrole nitrogens is 1. The molecule has 0 unspecified atom stereocenters. The van der Waals surface area contributed by atoms with Gasteiger partial charge < -0.3 is 9.88 Å². The SMILES string of the molecule is CN(C)C[C]1[CH][CH][CH][C]1c1cc2cc(Cl)ccc2[nH]1.[CH]1[CH][CH][CH][CH]1.[Fe]. The summed E-state index contributed by atoms with van der Waals surface area (Å²) < 4.78 is 0. The maximum atomic E-state index is 6.03. The van der Waals surface area contributed by atoms with Crippen molar-refractivity contribution in [1.82, 2.24) is 9.88 Å². The molecule has 2 aliphatic carbocycles. The van der Waals surface area contributed by atoms with E-state index in [0.29, 0.717) is 0 Å². The number of rotatable bonds is 3. The number of halogens is 1. The van der Waals surface area contributed by atoms with Crippen molar-refractivity contribution in [1.29, 1.82) is 0 Å². The van der Waals surface area contributed by atoms with E-state index in [2.05, 4.69) is 49.3 Å². The number of hydrogen-bond donors (Lipinski definition) is 1. The van der Waals surface area contributed by atoms with Gasteiger partial charge in [-0.25, -0.2) is 0 Å². The number of benzene rings is 1. The Kier molecular flexibility index (Phi) is 8.35. The molecule has 2 aliphatic rings. The van der Waals surface area contributed by atoms with Crippen molar-refractivity contribution in [2.75, 3.05) is 20.6 Å². The van der Waals surface area contributed by atoms with Crippen molar-refractivity contribution in [3.63, 3.8) is 0 Å². The van der Waals surface area contributed by atoms with Crippen molar-refractivity contribution in [2.24, 2.45) is 0 Å². The van der Waals surface area contributed by atoms with Gasteiger partial charge in [-0.3, -0.25) is 0 Å². The van der Waals surface area contributed by atoms with Gasteiger partial charge >= 0.3 is 0 Å². The van der Waals surface area contributed by atoms with Gasteiger partial charge in [0.05, 0.1) is 0 Å². The van der Waals surface area contributed by atoms with Crippen LogP contribution in [-0.2, 0) is 17.1 Å². The van der Waals surface area contributed by atoms with E-state index in [0.717, 1.165) is 28.2 Å². The van der Waals surface area contributed by atoms with Gasteiger partial charge in [-0.1, -0.05) is 11.6 Å². The molecule has 4 rings (SSSR count). The molecule has 0 aliphatic heterocycles. The second-order valence-corrected chi connectivity index (χ2v) is 6.52. The maximum absolute atomic E-state index is 6.03.